The average Bonchev–Trinajstić information content (AvgIpc) is 2.28. The van der Waals surface area contributed by atoms with Gasteiger partial charge in [-0.1, -0.05) is 0 Å². The molecular weight excluding hydrogens is 228 g/mol. The van der Waals surface area contributed by atoms with E-state index in [4.69, 9.17) is 11.6 Å². The summed E-state index contributed by atoms with van der Waals surface area (Å²) in [5, 5.41) is 2.88. The number of nitrogens with zero attached hydrogens (tertiary/aromatic N) is 1. The maximum Gasteiger partial charge on any atom is 0.235 e. The van der Waals surface area contributed by atoms with Gasteiger partial charge in [0, 0.05) is 26.1 Å². The summed E-state index contributed by atoms with van der Waals surface area (Å²) >= 11 is 5.43. The minimum atomic E-state index is -0.106. The molecule has 0 aromatic rings. The smallest absolute Gasteiger partial charge is 0.235 e. The van der Waals surface area contributed by atoms with Gasteiger partial charge in [0.15, 0.2) is 0 Å². The Kier molecular flexibility index (Phi) is 5.06. The van der Waals surface area contributed by atoms with E-state index in [1.54, 1.807) is 11.8 Å². The fourth-order valence-corrected chi connectivity index (χ4v) is 2.21. The highest BCUT2D eigenvalue weighted by atomic mass is 35.5. The van der Waals surface area contributed by atoms with E-state index < -0.39 is 0 Å². The maximum atomic E-state index is 11.2. The number of nitrogens with one attached hydrogen (secondary N) is 1. The average molecular weight is 247 g/mol. The quantitative estimate of drug-likeness (QED) is 0.759. The topological polar surface area (TPSA) is 49.4 Å². The first kappa shape index (κ1) is 13.3. The van der Waals surface area contributed by atoms with Crippen LogP contribution in [0.1, 0.15) is 32.6 Å². The molecule has 1 rings (SSSR count). The van der Waals surface area contributed by atoms with E-state index in [0.717, 1.165) is 25.7 Å². The molecule has 0 unspecified atom stereocenters. The van der Waals surface area contributed by atoms with Crippen molar-refractivity contribution in [3.8, 4) is 0 Å². The molecule has 0 spiro atoms. The summed E-state index contributed by atoms with van der Waals surface area (Å²) < 4.78 is 0. The number of amides is 2. The molecule has 0 aromatic heterocycles. The van der Waals surface area contributed by atoms with Crippen LogP contribution in [0.25, 0.3) is 0 Å². The van der Waals surface area contributed by atoms with Gasteiger partial charge in [-0.25, -0.2) is 0 Å². The first-order chi connectivity index (χ1) is 7.54. The lowest BCUT2D eigenvalue weighted by Crippen LogP contribution is -2.44. The van der Waals surface area contributed by atoms with Crippen LogP contribution in [0.4, 0.5) is 0 Å². The van der Waals surface area contributed by atoms with E-state index in [0.29, 0.717) is 6.04 Å². The van der Waals surface area contributed by atoms with Crippen LogP contribution < -0.4 is 5.32 Å². The third kappa shape index (κ3) is 3.67. The molecule has 0 radical (unpaired) electrons. The molecule has 1 aliphatic carbocycles. The molecule has 0 heterocycles. The summed E-state index contributed by atoms with van der Waals surface area (Å²) in [5.74, 6) is 0.0195. The van der Waals surface area contributed by atoms with Gasteiger partial charge in [0.25, 0.3) is 0 Å². The zero-order valence-electron chi connectivity index (χ0n) is 9.83. The highest BCUT2D eigenvalue weighted by molar-refractivity contribution is 6.27. The van der Waals surface area contributed by atoms with Crippen molar-refractivity contribution in [1.82, 2.24) is 10.2 Å². The van der Waals surface area contributed by atoms with Crippen molar-refractivity contribution in [2.24, 2.45) is 0 Å². The monoisotopic (exact) mass is 246 g/mol. The van der Waals surface area contributed by atoms with Crippen LogP contribution >= 0.6 is 11.6 Å². The second kappa shape index (κ2) is 6.09. The number of alkyl halides is 1. The third-order valence-electron chi connectivity index (χ3n) is 3.23. The largest absolute Gasteiger partial charge is 0.352 e. The van der Waals surface area contributed by atoms with Crippen LogP contribution in [0.5, 0.6) is 0 Å². The zero-order valence-corrected chi connectivity index (χ0v) is 10.6. The minimum Gasteiger partial charge on any atom is -0.352 e. The zero-order chi connectivity index (χ0) is 12.1. The molecule has 1 fully saturated rings. The lowest BCUT2D eigenvalue weighted by atomic mass is 9.90. The summed E-state index contributed by atoms with van der Waals surface area (Å²) in [7, 11) is 1.84. The van der Waals surface area contributed by atoms with Crippen LogP contribution in [-0.4, -0.2) is 41.7 Å². The van der Waals surface area contributed by atoms with Gasteiger partial charge < -0.3 is 10.2 Å². The second-order valence-corrected chi connectivity index (χ2v) is 4.60. The van der Waals surface area contributed by atoms with Gasteiger partial charge in [0.05, 0.1) is 0 Å². The van der Waals surface area contributed by atoms with E-state index in [9.17, 15) is 9.59 Å². The molecule has 4 nitrogen and oxygen atoms in total. The van der Waals surface area contributed by atoms with Gasteiger partial charge in [0.1, 0.15) is 5.88 Å². The van der Waals surface area contributed by atoms with Gasteiger partial charge in [-0.15, -0.1) is 11.6 Å². The van der Waals surface area contributed by atoms with Crippen molar-refractivity contribution in [2.75, 3.05) is 12.9 Å². The summed E-state index contributed by atoms with van der Waals surface area (Å²) in [6, 6.07) is 0.546. The highest BCUT2D eigenvalue weighted by Gasteiger charge is 2.25. The highest BCUT2D eigenvalue weighted by Crippen LogP contribution is 2.22. The normalized spacial score (nSPS) is 24.9. The van der Waals surface area contributed by atoms with Crippen molar-refractivity contribution >= 4 is 23.4 Å². The van der Waals surface area contributed by atoms with E-state index in [2.05, 4.69) is 5.32 Å². The summed E-state index contributed by atoms with van der Waals surface area (Å²) in [6.45, 7) is 1.58. The molecule has 0 atom stereocenters. The number of hydrogen-bond donors (Lipinski definition) is 1. The lowest BCUT2D eigenvalue weighted by molar-refractivity contribution is -0.130. The van der Waals surface area contributed by atoms with Crippen molar-refractivity contribution in [2.45, 2.75) is 44.7 Å². The first-order valence-electron chi connectivity index (χ1n) is 5.63. The van der Waals surface area contributed by atoms with Crippen LogP contribution in [0.15, 0.2) is 0 Å². The number of halogens is 1. The van der Waals surface area contributed by atoms with E-state index in [-0.39, 0.29) is 23.7 Å². The summed E-state index contributed by atoms with van der Waals surface area (Å²) in [6.07, 6.45) is 3.74. The van der Waals surface area contributed by atoms with Gasteiger partial charge in [-0.05, 0) is 25.7 Å². The number of hydrogen-bond acceptors (Lipinski definition) is 2. The van der Waals surface area contributed by atoms with Crippen LogP contribution in [0, 0.1) is 0 Å². The Labute approximate surface area is 101 Å². The Bertz CT molecular complexity index is 263. The predicted molar refractivity (Wildman–Crippen MR) is 63.4 cm³/mol. The van der Waals surface area contributed by atoms with Crippen LogP contribution in [0.2, 0.25) is 0 Å². The number of rotatable bonds is 3. The molecule has 0 saturated heterocycles. The molecule has 16 heavy (non-hydrogen) atoms. The van der Waals surface area contributed by atoms with E-state index in [1.165, 1.54) is 0 Å². The molecule has 92 valence electrons. The Morgan fingerprint density at radius 3 is 2.31 bits per heavy atom. The molecule has 5 heteroatoms. The second-order valence-electron chi connectivity index (χ2n) is 4.34. The number of carbonyl (C=O) groups excluding carboxylic acids is 2. The fourth-order valence-electron chi connectivity index (χ4n) is 2.13. The summed E-state index contributed by atoms with van der Waals surface area (Å²) in [5.41, 5.74) is 0. The van der Waals surface area contributed by atoms with Crippen molar-refractivity contribution < 1.29 is 9.59 Å². The predicted octanol–water partition coefficient (Wildman–Crippen LogP) is 1.13. The van der Waals surface area contributed by atoms with Gasteiger partial charge >= 0.3 is 0 Å². The van der Waals surface area contributed by atoms with Gasteiger partial charge in [-0.3, -0.25) is 9.59 Å². The molecule has 0 aliphatic heterocycles. The van der Waals surface area contributed by atoms with E-state index in [1.807, 2.05) is 7.05 Å². The van der Waals surface area contributed by atoms with Crippen LogP contribution in [-0.2, 0) is 9.59 Å². The molecular formula is C11H19ClN2O2. The van der Waals surface area contributed by atoms with Crippen molar-refractivity contribution in [1.29, 1.82) is 0 Å². The Hall–Kier alpha value is -0.770. The molecule has 0 bridgehead atoms. The van der Waals surface area contributed by atoms with Crippen molar-refractivity contribution in [3.05, 3.63) is 0 Å². The number of carbonyl (C=O) groups is 2. The Morgan fingerprint density at radius 2 is 1.88 bits per heavy atom. The first-order valence-corrected chi connectivity index (χ1v) is 6.16. The van der Waals surface area contributed by atoms with Gasteiger partial charge in [0.2, 0.25) is 11.8 Å². The standard InChI is InChI=1S/C11H19ClN2O2/c1-8(15)14(2)10-5-3-9(4-6-10)13-11(16)7-12/h9-10H,3-7H2,1-2H3,(H,13,16). The van der Waals surface area contributed by atoms with Crippen LogP contribution in [0.3, 0.4) is 0 Å². The molecule has 1 N–H and O–H groups in total. The third-order valence-corrected chi connectivity index (χ3v) is 3.47. The fraction of sp³-hybridized carbons (Fsp3) is 0.818. The summed E-state index contributed by atoms with van der Waals surface area (Å²) in [4.78, 5) is 24.1. The molecule has 1 saturated carbocycles. The maximum absolute atomic E-state index is 11.2. The SMILES string of the molecule is CC(=O)N(C)C1CCC(NC(=O)CCl)CC1. The van der Waals surface area contributed by atoms with Gasteiger partial charge in [-0.2, -0.15) is 0 Å². The Balaban J connectivity index is 2.34. The lowest BCUT2D eigenvalue weighted by Gasteiger charge is -2.34. The molecule has 2 amide bonds. The minimum absolute atomic E-state index is 0.0211. The van der Waals surface area contributed by atoms with E-state index >= 15 is 0 Å². The Morgan fingerprint density at radius 1 is 1.31 bits per heavy atom. The molecule has 1 aliphatic rings. The molecule has 0 aromatic carbocycles. The van der Waals surface area contributed by atoms with Crippen molar-refractivity contribution in [3.63, 3.8) is 0 Å².